The Kier molecular flexibility index (Phi) is 7.06. The number of nitrogens with zero attached hydrogens (tertiary/aromatic N) is 5. The van der Waals surface area contributed by atoms with E-state index in [1.165, 1.54) is 5.69 Å². The minimum absolute atomic E-state index is 0.106. The second kappa shape index (κ2) is 11.1. The Morgan fingerprint density at radius 1 is 0.821 bits per heavy atom. The number of nitrogens with one attached hydrogen (secondary N) is 1. The molecule has 5 aromatic rings. The van der Waals surface area contributed by atoms with E-state index in [2.05, 4.69) is 37.2 Å². The summed E-state index contributed by atoms with van der Waals surface area (Å²) in [6, 6.07) is 25.4. The predicted molar refractivity (Wildman–Crippen MR) is 157 cm³/mol. The second-order valence-electron chi connectivity index (χ2n) is 9.50. The molecule has 0 aliphatic carbocycles. The molecule has 3 aromatic carbocycles. The van der Waals surface area contributed by atoms with Crippen LogP contribution in [0, 0.1) is 0 Å². The monoisotopic (exact) mass is 534 g/mol. The number of carbonyl (C=O) groups excluding carboxylic acids is 1. The minimum Gasteiger partial charge on any atom is -0.368 e. The van der Waals surface area contributed by atoms with Crippen molar-refractivity contribution >= 4 is 45.7 Å². The fraction of sp³-hybridized carbons (Fsp3) is 0.161. The van der Waals surface area contributed by atoms with Gasteiger partial charge in [-0.3, -0.25) is 14.8 Å². The van der Waals surface area contributed by atoms with Crippen LogP contribution in [0.15, 0.2) is 97.5 Å². The standard InChI is InChI=1S/C31H27ClN6O/c32-27-4-2-1-3-24(27)20-31(39)35-25-8-5-22(6-9-25)23-7-10-28-29(19-23)36-30(21-34-28)38-17-15-37(16-18-38)26-11-13-33-14-12-26/h1-14,19,21H,15-18,20H2,(H,35,39). The molecule has 0 radical (unpaired) electrons. The number of aromatic nitrogens is 3. The van der Waals surface area contributed by atoms with Crippen LogP contribution in [0.2, 0.25) is 5.02 Å². The number of anilines is 3. The molecule has 0 bridgehead atoms. The van der Waals surface area contributed by atoms with Crippen LogP contribution in [0.1, 0.15) is 5.56 Å². The minimum atomic E-state index is -0.106. The maximum absolute atomic E-state index is 12.5. The fourth-order valence-electron chi connectivity index (χ4n) is 4.85. The van der Waals surface area contributed by atoms with Gasteiger partial charge in [-0.05, 0) is 59.2 Å². The highest BCUT2D eigenvalue weighted by Gasteiger charge is 2.19. The lowest BCUT2D eigenvalue weighted by Gasteiger charge is -2.36. The molecule has 2 aromatic heterocycles. The van der Waals surface area contributed by atoms with Gasteiger partial charge in [-0.25, -0.2) is 4.98 Å². The predicted octanol–water partition coefficient (Wildman–Crippen LogP) is 5.85. The van der Waals surface area contributed by atoms with Crippen LogP contribution in [0.3, 0.4) is 0 Å². The van der Waals surface area contributed by atoms with E-state index < -0.39 is 0 Å². The first-order valence-electron chi connectivity index (χ1n) is 12.9. The molecule has 39 heavy (non-hydrogen) atoms. The van der Waals surface area contributed by atoms with E-state index in [9.17, 15) is 4.79 Å². The zero-order chi connectivity index (χ0) is 26.6. The summed E-state index contributed by atoms with van der Waals surface area (Å²) < 4.78 is 0. The number of amides is 1. The number of hydrogen-bond acceptors (Lipinski definition) is 6. The number of pyridine rings is 1. The Labute approximate surface area is 232 Å². The number of benzene rings is 3. The number of fused-ring (bicyclic) bond motifs is 1. The second-order valence-corrected chi connectivity index (χ2v) is 9.91. The van der Waals surface area contributed by atoms with Gasteiger partial charge in [-0.1, -0.05) is 48.0 Å². The van der Waals surface area contributed by atoms with Crippen LogP contribution in [-0.2, 0) is 11.2 Å². The zero-order valence-electron chi connectivity index (χ0n) is 21.3. The maximum atomic E-state index is 12.5. The molecule has 3 heterocycles. The Morgan fingerprint density at radius 3 is 2.31 bits per heavy atom. The van der Waals surface area contributed by atoms with E-state index in [-0.39, 0.29) is 12.3 Å². The normalized spacial score (nSPS) is 13.5. The summed E-state index contributed by atoms with van der Waals surface area (Å²) >= 11 is 6.19. The molecule has 1 fully saturated rings. The summed E-state index contributed by atoms with van der Waals surface area (Å²) in [4.78, 5) is 30.9. The lowest BCUT2D eigenvalue weighted by Crippen LogP contribution is -2.46. The number of hydrogen-bond donors (Lipinski definition) is 1. The summed E-state index contributed by atoms with van der Waals surface area (Å²) in [5.74, 6) is 0.788. The fourth-order valence-corrected chi connectivity index (χ4v) is 5.05. The van der Waals surface area contributed by atoms with Crippen LogP contribution >= 0.6 is 11.6 Å². The van der Waals surface area contributed by atoms with Gasteiger partial charge in [0.25, 0.3) is 0 Å². The molecule has 0 unspecified atom stereocenters. The van der Waals surface area contributed by atoms with Gasteiger partial charge in [0.1, 0.15) is 5.82 Å². The number of piperazine rings is 1. The third-order valence-corrected chi connectivity index (χ3v) is 7.34. The van der Waals surface area contributed by atoms with Crippen LogP contribution < -0.4 is 15.1 Å². The Morgan fingerprint density at radius 2 is 1.54 bits per heavy atom. The molecule has 1 saturated heterocycles. The average Bonchev–Trinajstić information content (AvgIpc) is 2.99. The number of rotatable bonds is 6. The molecule has 0 atom stereocenters. The molecule has 1 aliphatic heterocycles. The molecule has 1 N–H and O–H groups in total. The molecule has 1 amide bonds. The first-order chi connectivity index (χ1) is 19.1. The highest BCUT2D eigenvalue weighted by molar-refractivity contribution is 6.31. The van der Waals surface area contributed by atoms with Crippen molar-refractivity contribution in [1.82, 2.24) is 15.0 Å². The number of carbonyl (C=O) groups is 1. The van der Waals surface area contributed by atoms with E-state index >= 15 is 0 Å². The molecule has 7 nitrogen and oxygen atoms in total. The summed E-state index contributed by atoms with van der Waals surface area (Å²) in [5.41, 5.74) is 6.56. The van der Waals surface area contributed by atoms with Crippen molar-refractivity contribution in [3.63, 3.8) is 0 Å². The smallest absolute Gasteiger partial charge is 0.228 e. The summed E-state index contributed by atoms with van der Waals surface area (Å²) in [5, 5.41) is 3.55. The molecule has 1 aliphatic rings. The van der Waals surface area contributed by atoms with Crippen molar-refractivity contribution in [3.8, 4) is 11.1 Å². The first kappa shape index (κ1) is 24.8. The van der Waals surface area contributed by atoms with Gasteiger partial charge in [0.2, 0.25) is 5.91 Å². The van der Waals surface area contributed by atoms with Crippen molar-refractivity contribution in [2.45, 2.75) is 6.42 Å². The van der Waals surface area contributed by atoms with Crippen molar-refractivity contribution < 1.29 is 4.79 Å². The molecule has 194 valence electrons. The molecule has 6 rings (SSSR count). The van der Waals surface area contributed by atoms with Crippen molar-refractivity contribution in [1.29, 1.82) is 0 Å². The van der Waals surface area contributed by atoms with Gasteiger partial charge >= 0.3 is 0 Å². The maximum Gasteiger partial charge on any atom is 0.228 e. The highest BCUT2D eigenvalue weighted by Crippen LogP contribution is 2.26. The van der Waals surface area contributed by atoms with Crippen LogP contribution in [0.5, 0.6) is 0 Å². The molecule has 8 heteroatoms. The van der Waals surface area contributed by atoms with Crippen LogP contribution in [0.4, 0.5) is 17.2 Å². The van der Waals surface area contributed by atoms with Crippen LogP contribution in [0.25, 0.3) is 22.2 Å². The van der Waals surface area contributed by atoms with E-state index in [0.29, 0.717) is 5.02 Å². The molecule has 0 spiro atoms. The summed E-state index contributed by atoms with van der Waals surface area (Å²) in [6.45, 7) is 3.60. The highest BCUT2D eigenvalue weighted by atomic mass is 35.5. The summed E-state index contributed by atoms with van der Waals surface area (Å²) in [6.07, 6.45) is 5.76. The Hall–Kier alpha value is -4.49. The summed E-state index contributed by atoms with van der Waals surface area (Å²) in [7, 11) is 0. The quantitative estimate of drug-likeness (QED) is 0.294. The van der Waals surface area contributed by atoms with Gasteiger partial charge in [0, 0.05) is 55.0 Å². The van der Waals surface area contributed by atoms with E-state index in [1.807, 2.05) is 79.3 Å². The van der Waals surface area contributed by atoms with Gasteiger partial charge < -0.3 is 15.1 Å². The van der Waals surface area contributed by atoms with Crippen molar-refractivity contribution in [2.24, 2.45) is 0 Å². The van der Waals surface area contributed by atoms with E-state index in [0.717, 1.165) is 65.4 Å². The van der Waals surface area contributed by atoms with Gasteiger partial charge in [-0.15, -0.1) is 0 Å². The lowest BCUT2D eigenvalue weighted by atomic mass is 10.0. The SMILES string of the molecule is O=C(Cc1ccccc1Cl)Nc1ccc(-c2ccc3ncc(N4CCN(c5ccncc5)CC4)nc3c2)cc1. The average molecular weight is 535 g/mol. The van der Waals surface area contributed by atoms with E-state index in [1.54, 1.807) is 6.07 Å². The lowest BCUT2D eigenvalue weighted by molar-refractivity contribution is -0.115. The largest absolute Gasteiger partial charge is 0.368 e. The van der Waals surface area contributed by atoms with Crippen LogP contribution in [-0.4, -0.2) is 47.0 Å². The Balaban J connectivity index is 1.13. The zero-order valence-corrected chi connectivity index (χ0v) is 22.1. The molecule has 0 saturated carbocycles. The molecular formula is C31H27ClN6O. The van der Waals surface area contributed by atoms with Crippen molar-refractivity contribution in [2.75, 3.05) is 41.3 Å². The van der Waals surface area contributed by atoms with Gasteiger partial charge in [0.15, 0.2) is 0 Å². The Bertz CT molecular complexity index is 1600. The number of halogens is 1. The molecular weight excluding hydrogens is 508 g/mol. The third-order valence-electron chi connectivity index (χ3n) is 6.97. The van der Waals surface area contributed by atoms with Crippen molar-refractivity contribution in [3.05, 3.63) is 108 Å². The van der Waals surface area contributed by atoms with E-state index in [4.69, 9.17) is 16.6 Å². The third kappa shape index (κ3) is 5.68. The van der Waals surface area contributed by atoms with Gasteiger partial charge in [-0.2, -0.15) is 0 Å². The first-order valence-corrected chi connectivity index (χ1v) is 13.3. The topological polar surface area (TPSA) is 74.2 Å². The van der Waals surface area contributed by atoms with Gasteiger partial charge in [0.05, 0.1) is 23.7 Å².